The van der Waals surface area contributed by atoms with E-state index in [1.165, 1.54) is 18.4 Å². The van der Waals surface area contributed by atoms with Crippen LogP contribution in [0.2, 0.25) is 0 Å². The Morgan fingerprint density at radius 2 is 2.12 bits per heavy atom. The molecule has 3 N–H and O–H groups in total. The summed E-state index contributed by atoms with van der Waals surface area (Å²) < 4.78 is 0. The van der Waals surface area contributed by atoms with Gasteiger partial charge in [0.15, 0.2) is 5.78 Å². The molecule has 0 bridgehead atoms. The highest BCUT2D eigenvalue weighted by Crippen LogP contribution is 2.52. The van der Waals surface area contributed by atoms with Crippen molar-refractivity contribution in [2.24, 2.45) is 5.92 Å². The molecule has 1 aromatic rings. The maximum absolute atomic E-state index is 12.1. The molecule has 3 nitrogen and oxygen atoms in total. The van der Waals surface area contributed by atoms with Crippen LogP contribution in [0.15, 0.2) is 0 Å². The van der Waals surface area contributed by atoms with E-state index in [1.54, 1.807) is 11.3 Å². The van der Waals surface area contributed by atoms with Crippen LogP contribution in [0.25, 0.3) is 0 Å². The highest BCUT2D eigenvalue weighted by Gasteiger charge is 2.37. The second-order valence-electron chi connectivity index (χ2n) is 5.03. The number of anilines is 2. The highest BCUT2D eigenvalue weighted by molar-refractivity contribution is 7.18. The van der Waals surface area contributed by atoms with Gasteiger partial charge in [0.1, 0.15) is 0 Å². The molecule has 1 heterocycles. The second kappa shape index (κ2) is 4.02. The van der Waals surface area contributed by atoms with Crippen LogP contribution < -0.4 is 11.1 Å². The zero-order chi connectivity index (χ0) is 12.0. The number of nitrogens with two attached hydrogens (primary N) is 1. The van der Waals surface area contributed by atoms with Crippen molar-refractivity contribution in [3.63, 3.8) is 0 Å². The van der Waals surface area contributed by atoms with Crippen LogP contribution in [-0.4, -0.2) is 12.3 Å². The maximum Gasteiger partial charge on any atom is 0.178 e. The van der Waals surface area contributed by atoms with E-state index < -0.39 is 0 Å². The van der Waals surface area contributed by atoms with E-state index in [2.05, 4.69) is 12.2 Å². The smallest absolute Gasteiger partial charge is 0.178 e. The van der Waals surface area contributed by atoms with Gasteiger partial charge in [-0.3, -0.25) is 4.79 Å². The fraction of sp³-hybridized carbons (Fsp3) is 0.615. The first-order valence-electron chi connectivity index (χ1n) is 6.42. The van der Waals surface area contributed by atoms with Crippen molar-refractivity contribution in [1.29, 1.82) is 0 Å². The summed E-state index contributed by atoms with van der Waals surface area (Å²) >= 11 is 1.57. The second-order valence-corrected chi connectivity index (χ2v) is 6.05. The molecular formula is C13H18N2OS. The zero-order valence-electron chi connectivity index (χ0n) is 10.1. The van der Waals surface area contributed by atoms with Crippen LogP contribution in [0.4, 0.5) is 10.7 Å². The predicted octanol–water partition coefficient (Wildman–Crippen LogP) is 3.23. The summed E-state index contributed by atoms with van der Waals surface area (Å²) in [6, 6.07) is 0. The molecule has 0 spiro atoms. The molecular weight excluding hydrogens is 232 g/mol. The van der Waals surface area contributed by atoms with Gasteiger partial charge in [0, 0.05) is 18.0 Å². The van der Waals surface area contributed by atoms with Crippen molar-refractivity contribution in [3.05, 3.63) is 10.4 Å². The largest absolute Gasteiger partial charge is 0.397 e. The maximum atomic E-state index is 12.1. The Kier molecular flexibility index (Phi) is 2.62. The number of hydrogen-bond donors (Lipinski definition) is 2. The number of hydrogen-bond acceptors (Lipinski definition) is 4. The Bertz CT molecular complexity index is 458. The van der Waals surface area contributed by atoms with Crippen molar-refractivity contribution in [2.45, 2.75) is 38.5 Å². The number of thiophene rings is 1. The van der Waals surface area contributed by atoms with Gasteiger partial charge in [-0.15, -0.1) is 11.3 Å². The molecule has 2 aliphatic rings. The minimum absolute atomic E-state index is 0.262. The van der Waals surface area contributed by atoms with E-state index in [9.17, 15) is 4.79 Å². The SMILES string of the molecule is CCNc1sc(C(=O)C2CC2)c(N)c1C1CC1. The zero-order valence-corrected chi connectivity index (χ0v) is 10.9. The molecule has 1 aromatic heterocycles. The van der Waals surface area contributed by atoms with Crippen molar-refractivity contribution >= 4 is 27.8 Å². The normalized spacial score (nSPS) is 19.4. The lowest BCUT2D eigenvalue weighted by atomic mass is 10.1. The third-order valence-electron chi connectivity index (χ3n) is 3.48. The molecule has 0 radical (unpaired) electrons. The third kappa shape index (κ3) is 1.95. The van der Waals surface area contributed by atoms with Gasteiger partial charge in [0.05, 0.1) is 15.6 Å². The van der Waals surface area contributed by atoms with Gasteiger partial charge < -0.3 is 11.1 Å². The van der Waals surface area contributed by atoms with Crippen molar-refractivity contribution in [1.82, 2.24) is 0 Å². The van der Waals surface area contributed by atoms with Gasteiger partial charge in [-0.1, -0.05) is 0 Å². The van der Waals surface area contributed by atoms with Gasteiger partial charge in [-0.25, -0.2) is 0 Å². The van der Waals surface area contributed by atoms with Gasteiger partial charge in [0.25, 0.3) is 0 Å². The molecule has 92 valence electrons. The van der Waals surface area contributed by atoms with E-state index in [4.69, 9.17) is 5.73 Å². The van der Waals surface area contributed by atoms with Gasteiger partial charge in [-0.05, 0) is 38.5 Å². The average Bonchev–Trinajstić information content (AvgIpc) is 3.17. The summed E-state index contributed by atoms with van der Waals surface area (Å²) in [6.45, 7) is 2.96. The van der Waals surface area contributed by atoms with Crippen molar-refractivity contribution in [3.8, 4) is 0 Å². The summed E-state index contributed by atoms with van der Waals surface area (Å²) in [5.41, 5.74) is 8.18. The van der Waals surface area contributed by atoms with Crippen LogP contribution in [0.1, 0.15) is 53.8 Å². The Morgan fingerprint density at radius 3 is 2.65 bits per heavy atom. The molecule has 2 fully saturated rings. The minimum atomic E-state index is 0.262. The molecule has 4 heteroatoms. The number of Topliss-reactive ketones (excluding diaryl/α,β-unsaturated/α-hetero) is 1. The number of nitrogen functional groups attached to an aromatic ring is 1. The number of carbonyl (C=O) groups excluding carboxylic acids is 1. The standard InChI is InChI=1S/C13H18N2OS/c1-2-15-13-9(7-3-4-7)10(14)12(17-13)11(16)8-5-6-8/h7-8,15H,2-6,14H2,1H3. The van der Waals surface area contributed by atoms with Crippen LogP contribution >= 0.6 is 11.3 Å². The average molecular weight is 250 g/mol. The fourth-order valence-electron chi connectivity index (χ4n) is 2.24. The van der Waals surface area contributed by atoms with E-state index >= 15 is 0 Å². The monoisotopic (exact) mass is 250 g/mol. The molecule has 2 saturated carbocycles. The van der Waals surface area contributed by atoms with Gasteiger partial charge in [0.2, 0.25) is 0 Å². The Balaban J connectivity index is 1.97. The predicted molar refractivity (Wildman–Crippen MR) is 71.9 cm³/mol. The van der Waals surface area contributed by atoms with E-state index in [-0.39, 0.29) is 11.7 Å². The van der Waals surface area contributed by atoms with Crippen molar-refractivity contribution < 1.29 is 4.79 Å². The van der Waals surface area contributed by atoms with E-state index in [1.807, 2.05) is 0 Å². The van der Waals surface area contributed by atoms with Crippen LogP contribution in [-0.2, 0) is 0 Å². The topological polar surface area (TPSA) is 55.1 Å². The summed E-state index contributed by atoms with van der Waals surface area (Å²) in [6.07, 6.45) is 4.53. The minimum Gasteiger partial charge on any atom is -0.397 e. The Hall–Kier alpha value is -1.03. The lowest BCUT2D eigenvalue weighted by Crippen LogP contribution is -2.03. The molecule has 17 heavy (non-hydrogen) atoms. The molecule has 3 rings (SSSR count). The lowest BCUT2D eigenvalue weighted by Gasteiger charge is -2.03. The van der Waals surface area contributed by atoms with Gasteiger partial charge >= 0.3 is 0 Å². The number of rotatable bonds is 5. The summed E-state index contributed by atoms with van der Waals surface area (Å²) in [5.74, 6) is 1.14. The fourth-order valence-corrected chi connectivity index (χ4v) is 3.53. The molecule has 0 saturated heterocycles. The number of ketones is 1. The van der Waals surface area contributed by atoms with Crippen molar-refractivity contribution in [2.75, 3.05) is 17.6 Å². The summed E-state index contributed by atoms with van der Waals surface area (Å²) in [5, 5.41) is 4.49. The first-order valence-corrected chi connectivity index (χ1v) is 7.24. The Labute approximate surface area is 105 Å². The first-order chi connectivity index (χ1) is 8.22. The summed E-state index contributed by atoms with van der Waals surface area (Å²) in [7, 11) is 0. The molecule has 0 unspecified atom stereocenters. The van der Waals surface area contributed by atoms with Crippen LogP contribution in [0, 0.1) is 5.92 Å². The highest BCUT2D eigenvalue weighted by atomic mass is 32.1. The molecule has 0 atom stereocenters. The summed E-state index contributed by atoms with van der Waals surface area (Å²) in [4.78, 5) is 13.0. The van der Waals surface area contributed by atoms with Crippen LogP contribution in [0.3, 0.4) is 0 Å². The lowest BCUT2D eigenvalue weighted by molar-refractivity contribution is 0.0972. The van der Waals surface area contributed by atoms with E-state index in [0.717, 1.165) is 35.0 Å². The quantitative estimate of drug-likeness (QED) is 0.789. The van der Waals surface area contributed by atoms with Gasteiger partial charge in [-0.2, -0.15) is 0 Å². The van der Waals surface area contributed by atoms with Crippen LogP contribution in [0.5, 0.6) is 0 Å². The Morgan fingerprint density at radius 1 is 1.41 bits per heavy atom. The number of carbonyl (C=O) groups is 1. The molecule has 0 aliphatic heterocycles. The molecule has 0 amide bonds. The number of nitrogens with one attached hydrogen (secondary N) is 1. The molecule has 0 aromatic carbocycles. The van der Waals surface area contributed by atoms with E-state index in [0.29, 0.717) is 5.92 Å². The third-order valence-corrected chi connectivity index (χ3v) is 4.67. The molecule has 2 aliphatic carbocycles. The first kappa shape index (κ1) is 11.1.